The minimum atomic E-state index is 0.139. The van der Waals surface area contributed by atoms with E-state index in [1.165, 1.54) is 5.56 Å². The quantitative estimate of drug-likeness (QED) is 0.793. The Hall–Kier alpha value is -1.19. The van der Waals surface area contributed by atoms with E-state index in [1.807, 2.05) is 42.1 Å². The lowest BCUT2D eigenvalue weighted by Crippen LogP contribution is -2.10. The van der Waals surface area contributed by atoms with Gasteiger partial charge in [0, 0.05) is 6.04 Å². The number of nitrogens with two attached hydrogens (primary N) is 1. The van der Waals surface area contributed by atoms with Crippen molar-refractivity contribution in [3.05, 3.63) is 60.1 Å². The molecule has 1 aromatic heterocycles. The van der Waals surface area contributed by atoms with E-state index in [-0.39, 0.29) is 6.04 Å². The lowest BCUT2D eigenvalue weighted by atomic mass is 10.1. The second-order valence-electron chi connectivity index (χ2n) is 3.94. The van der Waals surface area contributed by atoms with Gasteiger partial charge in [-0.1, -0.05) is 30.3 Å². The summed E-state index contributed by atoms with van der Waals surface area (Å²) in [6.07, 6.45) is 2.71. The van der Waals surface area contributed by atoms with Crippen LogP contribution in [0.5, 0.6) is 0 Å². The van der Waals surface area contributed by atoms with E-state index < -0.39 is 0 Å². The molecule has 0 fully saturated rings. The van der Waals surface area contributed by atoms with Gasteiger partial charge in [0.25, 0.3) is 0 Å². The minimum absolute atomic E-state index is 0.139. The van der Waals surface area contributed by atoms with E-state index in [0.29, 0.717) is 0 Å². The molecule has 2 nitrogen and oxygen atoms in total. The van der Waals surface area contributed by atoms with Crippen LogP contribution in [0.2, 0.25) is 0 Å². The molecule has 1 aromatic carbocycles. The molecular weight excluding hydrogens is 230 g/mol. The molecule has 2 N–H and O–H groups in total. The fraction of sp³-hybridized carbons (Fsp3) is 0.286. The zero-order valence-electron chi connectivity index (χ0n) is 9.71. The highest BCUT2D eigenvalue weighted by Gasteiger charge is 2.05. The first kappa shape index (κ1) is 12.3. The van der Waals surface area contributed by atoms with Gasteiger partial charge in [0.2, 0.25) is 0 Å². The molecule has 0 aliphatic heterocycles. The summed E-state index contributed by atoms with van der Waals surface area (Å²) in [5.41, 5.74) is 7.33. The number of thioether (sulfide) groups is 1. The van der Waals surface area contributed by atoms with Gasteiger partial charge in [-0.25, -0.2) is 0 Å². The van der Waals surface area contributed by atoms with Crippen LogP contribution in [0.1, 0.15) is 23.8 Å². The Bertz CT molecular complexity index is 413. The molecule has 0 spiro atoms. The van der Waals surface area contributed by atoms with Gasteiger partial charge in [-0.05, 0) is 29.9 Å². The lowest BCUT2D eigenvalue weighted by molar-refractivity contribution is 0.530. The van der Waals surface area contributed by atoms with Crippen LogP contribution < -0.4 is 5.73 Å². The zero-order chi connectivity index (χ0) is 11.9. The summed E-state index contributed by atoms with van der Waals surface area (Å²) in [7, 11) is 0. The highest BCUT2D eigenvalue weighted by Crippen LogP contribution is 2.19. The molecule has 2 aromatic rings. The first-order valence-electron chi connectivity index (χ1n) is 5.77. The maximum Gasteiger partial charge on any atom is 0.113 e. The molecule has 0 amide bonds. The van der Waals surface area contributed by atoms with Gasteiger partial charge >= 0.3 is 0 Å². The number of furan rings is 1. The monoisotopic (exact) mass is 247 g/mol. The van der Waals surface area contributed by atoms with Gasteiger partial charge in [-0.15, -0.1) is 0 Å². The fourth-order valence-corrected chi connectivity index (χ4v) is 2.58. The molecule has 1 heterocycles. The molecule has 90 valence electrons. The van der Waals surface area contributed by atoms with Crippen molar-refractivity contribution >= 4 is 11.8 Å². The van der Waals surface area contributed by atoms with Crippen LogP contribution >= 0.6 is 11.8 Å². The molecular formula is C14H17NOS. The first-order chi connectivity index (χ1) is 8.36. The van der Waals surface area contributed by atoms with E-state index >= 15 is 0 Å². The van der Waals surface area contributed by atoms with Gasteiger partial charge in [0.15, 0.2) is 0 Å². The normalized spacial score (nSPS) is 12.5. The van der Waals surface area contributed by atoms with Crippen LogP contribution in [-0.4, -0.2) is 5.75 Å². The second-order valence-corrected chi connectivity index (χ2v) is 5.04. The highest BCUT2D eigenvalue weighted by atomic mass is 32.2. The standard InChI is InChI=1S/C14H17NOS/c15-14(12-5-2-1-3-6-12)8-10-17-11-13-7-4-9-16-13/h1-7,9,14H,8,10-11,15H2/t14-/m1/s1. The zero-order valence-corrected chi connectivity index (χ0v) is 10.5. The van der Waals surface area contributed by atoms with Crippen LogP contribution in [0.25, 0.3) is 0 Å². The van der Waals surface area contributed by atoms with Crippen molar-refractivity contribution in [2.45, 2.75) is 18.2 Å². The van der Waals surface area contributed by atoms with Crippen molar-refractivity contribution in [3.63, 3.8) is 0 Å². The van der Waals surface area contributed by atoms with E-state index in [0.717, 1.165) is 23.7 Å². The molecule has 0 aliphatic rings. The maximum absolute atomic E-state index is 6.12. The molecule has 3 heteroatoms. The molecule has 0 saturated heterocycles. The highest BCUT2D eigenvalue weighted by molar-refractivity contribution is 7.98. The number of rotatable bonds is 6. The van der Waals surface area contributed by atoms with Crippen molar-refractivity contribution in [1.29, 1.82) is 0 Å². The van der Waals surface area contributed by atoms with Gasteiger partial charge < -0.3 is 10.2 Å². The Balaban J connectivity index is 1.68. The summed E-state index contributed by atoms with van der Waals surface area (Å²) in [5.74, 6) is 3.01. The molecule has 17 heavy (non-hydrogen) atoms. The lowest BCUT2D eigenvalue weighted by Gasteiger charge is -2.11. The molecule has 0 aliphatic carbocycles. The van der Waals surface area contributed by atoms with E-state index in [9.17, 15) is 0 Å². The predicted molar refractivity (Wildman–Crippen MR) is 72.9 cm³/mol. The number of hydrogen-bond acceptors (Lipinski definition) is 3. The number of benzene rings is 1. The van der Waals surface area contributed by atoms with Crippen molar-refractivity contribution in [3.8, 4) is 0 Å². The topological polar surface area (TPSA) is 39.2 Å². The SMILES string of the molecule is N[C@H](CCSCc1ccco1)c1ccccc1. The largest absolute Gasteiger partial charge is 0.468 e. The maximum atomic E-state index is 6.12. The van der Waals surface area contributed by atoms with Crippen molar-refractivity contribution < 1.29 is 4.42 Å². The van der Waals surface area contributed by atoms with Crippen molar-refractivity contribution in [2.75, 3.05) is 5.75 Å². The van der Waals surface area contributed by atoms with E-state index in [2.05, 4.69) is 12.1 Å². The van der Waals surface area contributed by atoms with Gasteiger partial charge in [0.1, 0.15) is 5.76 Å². The summed E-state index contributed by atoms with van der Waals surface area (Å²) in [4.78, 5) is 0. The summed E-state index contributed by atoms with van der Waals surface area (Å²) in [5, 5.41) is 0. The van der Waals surface area contributed by atoms with Crippen molar-refractivity contribution in [2.24, 2.45) is 5.73 Å². The molecule has 0 saturated carbocycles. The third kappa shape index (κ3) is 3.95. The van der Waals surface area contributed by atoms with Crippen LogP contribution in [-0.2, 0) is 5.75 Å². The van der Waals surface area contributed by atoms with Crippen LogP contribution in [0.4, 0.5) is 0 Å². The molecule has 1 atom stereocenters. The van der Waals surface area contributed by atoms with Crippen molar-refractivity contribution in [1.82, 2.24) is 0 Å². The predicted octanol–water partition coefficient (Wildman–Crippen LogP) is 3.60. The third-order valence-electron chi connectivity index (χ3n) is 2.63. The Labute approximate surface area is 106 Å². The minimum Gasteiger partial charge on any atom is -0.468 e. The fourth-order valence-electron chi connectivity index (χ4n) is 1.64. The summed E-state index contributed by atoms with van der Waals surface area (Å²) < 4.78 is 5.27. The summed E-state index contributed by atoms with van der Waals surface area (Å²) in [6.45, 7) is 0. The Morgan fingerprint density at radius 1 is 1.12 bits per heavy atom. The van der Waals surface area contributed by atoms with Gasteiger partial charge in [0.05, 0.1) is 12.0 Å². The second kappa shape index (κ2) is 6.52. The average Bonchev–Trinajstić information content (AvgIpc) is 2.88. The number of hydrogen-bond donors (Lipinski definition) is 1. The van der Waals surface area contributed by atoms with Gasteiger partial charge in [-0.3, -0.25) is 0 Å². The van der Waals surface area contributed by atoms with Crippen LogP contribution in [0.15, 0.2) is 53.1 Å². The smallest absolute Gasteiger partial charge is 0.113 e. The molecule has 0 unspecified atom stereocenters. The van der Waals surface area contributed by atoms with Gasteiger partial charge in [-0.2, -0.15) is 11.8 Å². The molecule has 2 rings (SSSR count). The Morgan fingerprint density at radius 3 is 2.65 bits per heavy atom. The molecule has 0 radical (unpaired) electrons. The van der Waals surface area contributed by atoms with Crippen LogP contribution in [0.3, 0.4) is 0 Å². The summed E-state index contributed by atoms with van der Waals surface area (Å²) in [6, 6.07) is 14.3. The van der Waals surface area contributed by atoms with E-state index in [1.54, 1.807) is 6.26 Å². The third-order valence-corrected chi connectivity index (χ3v) is 3.64. The average molecular weight is 247 g/mol. The Morgan fingerprint density at radius 2 is 1.94 bits per heavy atom. The van der Waals surface area contributed by atoms with Crippen LogP contribution in [0, 0.1) is 0 Å². The summed E-state index contributed by atoms with van der Waals surface area (Å²) >= 11 is 1.86. The molecule has 0 bridgehead atoms. The Kier molecular flexibility index (Phi) is 4.71. The van der Waals surface area contributed by atoms with E-state index in [4.69, 9.17) is 10.2 Å². The first-order valence-corrected chi connectivity index (χ1v) is 6.92.